The van der Waals surface area contributed by atoms with Gasteiger partial charge in [-0.1, -0.05) is 43.1 Å². The third kappa shape index (κ3) is 1.96. The Morgan fingerprint density at radius 1 is 0.600 bits per heavy atom. The summed E-state index contributed by atoms with van der Waals surface area (Å²) in [6, 6.07) is 0. The number of rotatable bonds is 2. The van der Waals surface area contributed by atoms with Crippen LogP contribution in [0.1, 0.15) is 62.3 Å². The minimum absolute atomic E-state index is 0.569. The molecule has 2 aliphatic rings. The third-order valence-corrected chi connectivity index (χ3v) is 6.34. The molecule has 0 aliphatic heterocycles. The SMILES string of the molecule is CC1=C(C)C(C)C(C(C)C2=C(C)C(C)=C(C)C2C)=C1C. The van der Waals surface area contributed by atoms with Gasteiger partial charge in [-0.15, -0.1) is 0 Å². The van der Waals surface area contributed by atoms with E-state index in [9.17, 15) is 0 Å². The molecule has 2 unspecified atom stereocenters. The van der Waals surface area contributed by atoms with Crippen LogP contribution in [0.4, 0.5) is 0 Å². The van der Waals surface area contributed by atoms with E-state index in [0.29, 0.717) is 17.8 Å². The Morgan fingerprint density at radius 3 is 1.10 bits per heavy atom. The van der Waals surface area contributed by atoms with Crippen molar-refractivity contribution >= 4 is 0 Å². The first-order valence-corrected chi connectivity index (χ1v) is 7.96. The molecule has 0 saturated carbocycles. The standard InChI is InChI=1S/C20H30/c1-10-11(2)15(6)19(14(10)5)18(9)20-16(7)12(3)13(4)17(20)8/h14,16,18H,1-9H3. The summed E-state index contributed by atoms with van der Waals surface area (Å²) in [5.74, 6) is 1.79. The maximum Gasteiger partial charge on any atom is 0.000202 e. The van der Waals surface area contributed by atoms with E-state index in [1.54, 1.807) is 22.3 Å². The molecular weight excluding hydrogens is 240 g/mol. The second-order valence-corrected chi connectivity index (χ2v) is 6.94. The zero-order valence-electron chi connectivity index (χ0n) is 14.7. The van der Waals surface area contributed by atoms with Crippen LogP contribution in [0.5, 0.6) is 0 Å². The van der Waals surface area contributed by atoms with E-state index in [1.807, 2.05) is 0 Å². The van der Waals surface area contributed by atoms with Crippen molar-refractivity contribution in [1.29, 1.82) is 0 Å². The van der Waals surface area contributed by atoms with Gasteiger partial charge >= 0.3 is 0 Å². The number of hydrogen-bond acceptors (Lipinski definition) is 0. The molecule has 0 radical (unpaired) electrons. The minimum atomic E-state index is 0.569. The van der Waals surface area contributed by atoms with Crippen LogP contribution in [0, 0.1) is 17.8 Å². The van der Waals surface area contributed by atoms with Crippen molar-refractivity contribution in [2.45, 2.75) is 62.3 Å². The van der Waals surface area contributed by atoms with Gasteiger partial charge in [0, 0.05) is 5.92 Å². The highest BCUT2D eigenvalue weighted by atomic mass is 14.4. The molecule has 110 valence electrons. The number of allylic oxidation sites excluding steroid dienone is 8. The lowest BCUT2D eigenvalue weighted by Gasteiger charge is -2.26. The smallest absolute Gasteiger partial charge is 0.000202 e. The van der Waals surface area contributed by atoms with Crippen LogP contribution < -0.4 is 0 Å². The van der Waals surface area contributed by atoms with Crippen molar-refractivity contribution in [3.8, 4) is 0 Å². The monoisotopic (exact) mass is 270 g/mol. The van der Waals surface area contributed by atoms with E-state index in [-0.39, 0.29) is 0 Å². The summed E-state index contributed by atoms with van der Waals surface area (Å²) >= 11 is 0. The van der Waals surface area contributed by atoms with Crippen LogP contribution in [0.25, 0.3) is 0 Å². The molecule has 2 rings (SSSR count). The zero-order chi connectivity index (χ0) is 15.4. The normalized spacial score (nSPS) is 29.2. The summed E-state index contributed by atoms with van der Waals surface area (Å²) in [6.07, 6.45) is 0. The molecular formula is C20H30. The van der Waals surface area contributed by atoms with Crippen molar-refractivity contribution in [3.63, 3.8) is 0 Å². The van der Waals surface area contributed by atoms with Crippen LogP contribution >= 0.6 is 0 Å². The summed E-state index contributed by atoms with van der Waals surface area (Å²) < 4.78 is 0. The molecule has 0 bridgehead atoms. The Labute approximate surface area is 125 Å². The molecule has 0 heterocycles. The first-order chi connectivity index (χ1) is 9.20. The van der Waals surface area contributed by atoms with Gasteiger partial charge < -0.3 is 0 Å². The van der Waals surface area contributed by atoms with Crippen LogP contribution in [-0.4, -0.2) is 0 Å². The van der Waals surface area contributed by atoms with Gasteiger partial charge in [0.2, 0.25) is 0 Å². The molecule has 2 aliphatic carbocycles. The van der Waals surface area contributed by atoms with E-state index >= 15 is 0 Å². The van der Waals surface area contributed by atoms with Crippen LogP contribution in [0.15, 0.2) is 44.6 Å². The fourth-order valence-corrected chi connectivity index (χ4v) is 4.36. The van der Waals surface area contributed by atoms with E-state index < -0.39 is 0 Å². The first-order valence-electron chi connectivity index (χ1n) is 7.96. The lowest BCUT2D eigenvalue weighted by atomic mass is 9.78. The molecule has 0 N–H and O–H groups in total. The van der Waals surface area contributed by atoms with Gasteiger partial charge in [0.25, 0.3) is 0 Å². The average Bonchev–Trinajstić information content (AvgIpc) is 2.71. The van der Waals surface area contributed by atoms with E-state index in [1.165, 1.54) is 22.3 Å². The maximum absolute atomic E-state index is 2.42. The molecule has 0 nitrogen and oxygen atoms in total. The fourth-order valence-electron chi connectivity index (χ4n) is 4.36. The maximum atomic E-state index is 2.42. The zero-order valence-corrected chi connectivity index (χ0v) is 14.7. The van der Waals surface area contributed by atoms with Crippen LogP contribution in [-0.2, 0) is 0 Å². The molecule has 0 saturated heterocycles. The average molecular weight is 270 g/mol. The van der Waals surface area contributed by atoms with Gasteiger partial charge in [-0.25, -0.2) is 0 Å². The topological polar surface area (TPSA) is 0 Å². The quantitative estimate of drug-likeness (QED) is 0.558. The minimum Gasteiger partial charge on any atom is -0.0632 e. The van der Waals surface area contributed by atoms with E-state index in [4.69, 9.17) is 0 Å². The van der Waals surface area contributed by atoms with Gasteiger partial charge in [-0.2, -0.15) is 0 Å². The molecule has 20 heavy (non-hydrogen) atoms. The number of hydrogen-bond donors (Lipinski definition) is 0. The second-order valence-electron chi connectivity index (χ2n) is 6.94. The van der Waals surface area contributed by atoms with Crippen molar-refractivity contribution in [2.75, 3.05) is 0 Å². The van der Waals surface area contributed by atoms with E-state index in [2.05, 4.69) is 62.3 Å². The third-order valence-electron chi connectivity index (χ3n) is 6.34. The van der Waals surface area contributed by atoms with Gasteiger partial charge in [0.05, 0.1) is 0 Å². The lowest BCUT2D eigenvalue weighted by molar-refractivity contribution is 0.612. The summed E-state index contributed by atoms with van der Waals surface area (Å²) in [7, 11) is 0. The van der Waals surface area contributed by atoms with Gasteiger partial charge in [0.1, 0.15) is 0 Å². The Kier molecular flexibility index (Phi) is 3.88. The summed E-state index contributed by atoms with van der Waals surface area (Å²) in [5, 5.41) is 0. The molecule has 0 amide bonds. The van der Waals surface area contributed by atoms with Gasteiger partial charge in [-0.3, -0.25) is 0 Å². The summed E-state index contributed by atoms with van der Waals surface area (Å²) in [5.41, 5.74) is 12.6. The fraction of sp³-hybridized carbons (Fsp3) is 0.600. The van der Waals surface area contributed by atoms with Crippen molar-refractivity contribution in [2.24, 2.45) is 17.8 Å². The summed E-state index contributed by atoms with van der Waals surface area (Å²) in [6.45, 7) is 21.0. The molecule has 0 aromatic heterocycles. The molecule has 0 aromatic rings. The highest BCUT2D eigenvalue weighted by Crippen LogP contribution is 2.48. The van der Waals surface area contributed by atoms with E-state index in [0.717, 1.165) is 0 Å². The second kappa shape index (κ2) is 5.06. The summed E-state index contributed by atoms with van der Waals surface area (Å²) in [4.78, 5) is 0. The Balaban J connectivity index is 2.44. The Hall–Kier alpha value is -1.04. The lowest BCUT2D eigenvalue weighted by Crippen LogP contribution is -2.14. The molecule has 0 heteroatoms. The van der Waals surface area contributed by atoms with Crippen LogP contribution in [0.3, 0.4) is 0 Å². The first kappa shape index (κ1) is 15.4. The Morgan fingerprint density at radius 2 is 0.900 bits per heavy atom. The largest absolute Gasteiger partial charge is 0.0632 e. The highest BCUT2D eigenvalue weighted by molar-refractivity contribution is 5.54. The Bertz CT molecular complexity index is 523. The highest BCUT2D eigenvalue weighted by Gasteiger charge is 2.34. The van der Waals surface area contributed by atoms with Crippen molar-refractivity contribution < 1.29 is 0 Å². The molecule has 0 fully saturated rings. The van der Waals surface area contributed by atoms with Crippen molar-refractivity contribution in [3.05, 3.63) is 44.6 Å². The van der Waals surface area contributed by atoms with Gasteiger partial charge in [0.15, 0.2) is 0 Å². The molecule has 0 spiro atoms. The predicted octanol–water partition coefficient (Wildman–Crippen LogP) is 6.23. The molecule has 2 atom stereocenters. The van der Waals surface area contributed by atoms with Crippen molar-refractivity contribution in [1.82, 2.24) is 0 Å². The van der Waals surface area contributed by atoms with Crippen LogP contribution in [0.2, 0.25) is 0 Å². The molecule has 0 aromatic carbocycles. The predicted molar refractivity (Wildman–Crippen MR) is 89.6 cm³/mol. The van der Waals surface area contributed by atoms with Gasteiger partial charge in [-0.05, 0) is 75.7 Å².